The van der Waals surface area contributed by atoms with Crippen molar-refractivity contribution in [1.82, 2.24) is 9.55 Å². The third kappa shape index (κ3) is 3.03. The first-order valence-corrected chi connectivity index (χ1v) is 7.68. The summed E-state index contributed by atoms with van der Waals surface area (Å²) in [4.78, 5) is 4.11. The van der Waals surface area contributed by atoms with Crippen LogP contribution in [0, 0.1) is 5.92 Å². The van der Waals surface area contributed by atoms with E-state index in [1.54, 1.807) is 0 Å². The molecule has 0 radical (unpaired) electrons. The van der Waals surface area contributed by atoms with Gasteiger partial charge in [-0.3, -0.25) is 0 Å². The number of nitrogens with zero attached hydrogens (tertiary/aromatic N) is 2. The van der Waals surface area contributed by atoms with E-state index in [-0.39, 0.29) is 0 Å². The van der Waals surface area contributed by atoms with Gasteiger partial charge in [-0.2, -0.15) is 0 Å². The Kier molecular flexibility index (Phi) is 4.05. The molecule has 1 aliphatic rings. The van der Waals surface area contributed by atoms with E-state index in [1.807, 2.05) is 23.3 Å². The molecular formula is C17H23N3. The maximum atomic E-state index is 4.11. The molecule has 20 heavy (non-hydrogen) atoms. The molecule has 3 nitrogen and oxygen atoms in total. The predicted molar refractivity (Wildman–Crippen MR) is 83.2 cm³/mol. The molecule has 0 bridgehead atoms. The highest BCUT2D eigenvalue weighted by Gasteiger charge is 2.19. The standard InChI is InChI=1S/C17H23N3/c1-14(15-6-3-2-4-7-15)19-16-8-5-9-17(12-16)20-11-10-18-13-20/h5,8-15,19H,2-4,6-7H2,1H3. The molecule has 0 amide bonds. The number of nitrogens with one attached hydrogen (secondary N) is 1. The second kappa shape index (κ2) is 6.12. The van der Waals surface area contributed by atoms with E-state index < -0.39 is 0 Å². The van der Waals surface area contributed by atoms with Crippen LogP contribution in [0.25, 0.3) is 5.69 Å². The Morgan fingerprint density at radius 3 is 2.85 bits per heavy atom. The van der Waals surface area contributed by atoms with Gasteiger partial charge in [-0.25, -0.2) is 4.98 Å². The van der Waals surface area contributed by atoms with Crippen LogP contribution in [0.4, 0.5) is 5.69 Å². The van der Waals surface area contributed by atoms with Crippen molar-refractivity contribution in [1.29, 1.82) is 0 Å². The van der Waals surface area contributed by atoms with Crippen LogP contribution in [0.15, 0.2) is 43.0 Å². The summed E-state index contributed by atoms with van der Waals surface area (Å²) in [5, 5.41) is 3.68. The quantitative estimate of drug-likeness (QED) is 0.899. The zero-order valence-electron chi connectivity index (χ0n) is 12.1. The van der Waals surface area contributed by atoms with Gasteiger partial charge in [0.05, 0.1) is 6.33 Å². The highest BCUT2D eigenvalue weighted by molar-refractivity contribution is 5.51. The SMILES string of the molecule is CC(Nc1cccc(-n2ccnc2)c1)C1CCCCC1. The van der Waals surface area contributed by atoms with E-state index in [0.29, 0.717) is 6.04 Å². The molecule has 1 aromatic carbocycles. The van der Waals surface area contributed by atoms with Gasteiger partial charge in [0.25, 0.3) is 0 Å². The highest BCUT2D eigenvalue weighted by atomic mass is 15.0. The van der Waals surface area contributed by atoms with E-state index in [4.69, 9.17) is 0 Å². The van der Waals surface area contributed by atoms with Gasteiger partial charge < -0.3 is 9.88 Å². The Bertz CT molecular complexity index is 527. The number of rotatable bonds is 4. The first-order valence-electron chi connectivity index (χ1n) is 7.68. The summed E-state index contributed by atoms with van der Waals surface area (Å²) in [5.41, 5.74) is 2.36. The lowest BCUT2D eigenvalue weighted by molar-refractivity contribution is 0.328. The molecule has 1 saturated carbocycles. The topological polar surface area (TPSA) is 29.9 Å². The fourth-order valence-electron chi connectivity index (χ4n) is 3.18. The summed E-state index contributed by atoms with van der Waals surface area (Å²) in [7, 11) is 0. The Morgan fingerprint density at radius 1 is 1.25 bits per heavy atom. The van der Waals surface area contributed by atoms with Gasteiger partial charge in [0.2, 0.25) is 0 Å². The van der Waals surface area contributed by atoms with Gasteiger partial charge in [-0.05, 0) is 43.9 Å². The Labute approximate surface area is 121 Å². The van der Waals surface area contributed by atoms with Gasteiger partial charge in [-0.1, -0.05) is 25.3 Å². The fraction of sp³-hybridized carbons (Fsp3) is 0.471. The number of anilines is 1. The van der Waals surface area contributed by atoms with E-state index in [2.05, 4.69) is 41.5 Å². The van der Waals surface area contributed by atoms with Gasteiger partial charge in [0.15, 0.2) is 0 Å². The molecule has 1 unspecified atom stereocenters. The fourth-order valence-corrected chi connectivity index (χ4v) is 3.18. The average Bonchev–Trinajstić information content (AvgIpc) is 3.03. The van der Waals surface area contributed by atoms with Crippen LogP contribution in [0.2, 0.25) is 0 Å². The van der Waals surface area contributed by atoms with E-state index >= 15 is 0 Å². The summed E-state index contributed by atoms with van der Waals surface area (Å²) in [6, 6.07) is 9.11. The van der Waals surface area contributed by atoms with Crippen molar-refractivity contribution in [3.8, 4) is 5.69 Å². The first kappa shape index (κ1) is 13.2. The molecular weight excluding hydrogens is 246 g/mol. The minimum Gasteiger partial charge on any atom is -0.382 e. The van der Waals surface area contributed by atoms with Crippen molar-refractivity contribution >= 4 is 5.69 Å². The van der Waals surface area contributed by atoms with Crippen LogP contribution in [0.3, 0.4) is 0 Å². The Balaban J connectivity index is 1.69. The lowest BCUT2D eigenvalue weighted by Gasteiger charge is -2.29. The Morgan fingerprint density at radius 2 is 2.10 bits per heavy atom. The third-order valence-corrected chi connectivity index (χ3v) is 4.40. The molecule has 0 saturated heterocycles. The normalized spacial score (nSPS) is 17.9. The molecule has 2 aromatic rings. The van der Waals surface area contributed by atoms with Gasteiger partial charge in [-0.15, -0.1) is 0 Å². The van der Waals surface area contributed by atoms with Crippen molar-refractivity contribution in [2.75, 3.05) is 5.32 Å². The molecule has 3 heteroatoms. The monoisotopic (exact) mass is 269 g/mol. The Hall–Kier alpha value is -1.77. The zero-order chi connectivity index (χ0) is 13.8. The summed E-state index contributed by atoms with van der Waals surface area (Å²) in [5.74, 6) is 0.820. The van der Waals surface area contributed by atoms with Crippen LogP contribution < -0.4 is 5.32 Å². The first-order chi connectivity index (χ1) is 9.83. The second-order valence-corrected chi connectivity index (χ2v) is 5.85. The maximum absolute atomic E-state index is 4.11. The van der Waals surface area contributed by atoms with Crippen molar-refractivity contribution in [3.05, 3.63) is 43.0 Å². The van der Waals surface area contributed by atoms with Crippen LogP contribution in [-0.4, -0.2) is 15.6 Å². The lowest BCUT2D eigenvalue weighted by atomic mass is 9.84. The number of hydrogen-bond acceptors (Lipinski definition) is 2. The van der Waals surface area contributed by atoms with Gasteiger partial charge in [0.1, 0.15) is 0 Å². The van der Waals surface area contributed by atoms with Crippen molar-refractivity contribution in [2.45, 2.75) is 45.1 Å². The minimum absolute atomic E-state index is 0.549. The van der Waals surface area contributed by atoms with E-state index in [1.165, 1.54) is 37.8 Å². The highest BCUT2D eigenvalue weighted by Crippen LogP contribution is 2.28. The lowest BCUT2D eigenvalue weighted by Crippen LogP contribution is -2.27. The predicted octanol–water partition coefficient (Wildman–Crippen LogP) is 4.25. The number of benzene rings is 1. The molecule has 0 aliphatic heterocycles. The van der Waals surface area contributed by atoms with Crippen molar-refractivity contribution < 1.29 is 0 Å². The van der Waals surface area contributed by atoms with Crippen LogP contribution in [0.5, 0.6) is 0 Å². The minimum atomic E-state index is 0.549. The summed E-state index contributed by atoms with van der Waals surface area (Å²) in [6.07, 6.45) is 12.6. The molecule has 1 heterocycles. The molecule has 1 atom stereocenters. The van der Waals surface area contributed by atoms with Crippen molar-refractivity contribution in [3.63, 3.8) is 0 Å². The largest absolute Gasteiger partial charge is 0.382 e. The molecule has 1 aromatic heterocycles. The molecule has 3 rings (SSSR count). The molecule has 1 N–H and O–H groups in total. The van der Waals surface area contributed by atoms with E-state index in [0.717, 1.165) is 11.6 Å². The maximum Gasteiger partial charge on any atom is 0.0991 e. The van der Waals surface area contributed by atoms with Crippen LogP contribution in [-0.2, 0) is 0 Å². The van der Waals surface area contributed by atoms with Gasteiger partial charge in [0, 0.05) is 29.8 Å². The zero-order valence-corrected chi connectivity index (χ0v) is 12.1. The van der Waals surface area contributed by atoms with Gasteiger partial charge >= 0.3 is 0 Å². The average molecular weight is 269 g/mol. The second-order valence-electron chi connectivity index (χ2n) is 5.85. The summed E-state index contributed by atoms with van der Waals surface area (Å²) < 4.78 is 2.04. The van der Waals surface area contributed by atoms with Crippen molar-refractivity contribution in [2.24, 2.45) is 5.92 Å². The number of aromatic nitrogens is 2. The van der Waals surface area contributed by atoms with E-state index in [9.17, 15) is 0 Å². The smallest absolute Gasteiger partial charge is 0.0991 e. The number of hydrogen-bond donors (Lipinski definition) is 1. The molecule has 106 valence electrons. The molecule has 1 aliphatic carbocycles. The van der Waals surface area contributed by atoms with Crippen LogP contribution in [0.1, 0.15) is 39.0 Å². The molecule has 0 spiro atoms. The third-order valence-electron chi connectivity index (χ3n) is 4.40. The number of imidazole rings is 1. The summed E-state index contributed by atoms with van der Waals surface area (Å²) in [6.45, 7) is 2.32. The van der Waals surface area contributed by atoms with Crippen LogP contribution >= 0.6 is 0 Å². The summed E-state index contributed by atoms with van der Waals surface area (Å²) >= 11 is 0. The molecule has 1 fully saturated rings.